The van der Waals surface area contributed by atoms with Crippen LogP contribution in [-0.2, 0) is 14.8 Å². The molecular formula is C12H13BrN2O3S. The maximum atomic E-state index is 11.9. The highest BCUT2D eigenvalue weighted by Crippen LogP contribution is 2.27. The van der Waals surface area contributed by atoms with Gasteiger partial charge < -0.3 is 5.32 Å². The zero-order chi connectivity index (χ0) is 14.0. The van der Waals surface area contributed by atoms with Gasteiger partial charge in [0.25, 0.3) is 0 Å². The molecule has 0 bridgehead atoms. The molecule has 3 N–H and O–H groups in total. The zero-order valence-electron chi connectivity index (χ0n) is 9.97. The van der Waals surface area contributed by atoms with Gasteiger partial charge in [-0.3, -0.25) is 4.79 Å². The third-order valence-electron chi connectivity index (χ3n) is 2.91. The summed E-state index contributed by atoms with van der Waals surface area (Å²) in [5, 5.41) is 7.80. The van der Waals surface area contributed by atoms with E-state index in [1.54, 1.807) is 0 Å². The van der Waals surface area contributed by atoms with Gasteiger partial charge in [-0.05, 0) is 47.0 Å². The van der Waals surface area contributed by atoms with Crippen LogP contribution in [0.25, 0.3) is 0 Å². The summed E-state index contributed by atoms with van der Waals surface area (Å²) >= 11 is 3.23. The fourth-order valence-corrected chi connectivity index (χ4v) is 3.01. The Bertz CT molecular complexity index is 632. The second kappa shape index (κ2) is 5.44. The molecule has 7 heteroatoms. The van der Waals surface area contributed by atoms with Crippen LogP contribution in [0.15, 0.2) is 39.7 Å². The second-order valence-corrected chi connectivity index (χ2v) is 6.73. The molecule has 0 saturated carbocycles. The van der Waals surface area contributed by atoms with E-state index in [1.807, 2.05) is 12.2 Å². The van der Waals surface area contributed by atoms with E-state index in [0.29, 0.717) is 10.2 Å². The molecule has 1 aromatic carbocycles. The lowest BCUT2D eigenvalue weighted by Crippen LogP contribution is -2.21. The van der Waals surface area contributed by atoms with Crippen molar-refractivity contribution < 1.29 is 13.2 Å². The normalized spacial score (nSPS) is 15.7. The van der Waals surface area contributed by atoms with Crippen molar-refractivity contribution >= 4 is 37.5 Å². The van der Waals surface area contributed by atoms with Gasteiger partial charge in [-0.25, -0.2) is 13.6 Å². The highest BCUT2D eigenvalue weighted by Gasteiger charge is 2.20. The van der Waals surface area contributed by atoms with Crippen molar-refractivity contribution in [3.63, 3.8) is 0 Å². The third kappa shape index (κ3) is 3.43. The van der Waals surface area contributed by atoms with Crippen molar-refractivity contribution in [2.45, 2.75) is 17.7 Å². The molecule has 0 radical (unpaired) electrons. The number of hydrogen-bond donors (Lipinski definition) is 2. The maximum Gasteiger partial charge on any atom is 0.238 e. The summed E-state index contributed by atoms with van der Waals surface area (Å²) in [5.74, 6) is -0.126. The van der Waals surface area contributed by atoms with E-state index in [2.05, 4.69) is 21.2 Å². The van der Waals surface area contributed by atoms with Gasteiger partial charge in [-0.1, -0.05) is 12.2 Å². The molecule has 1 aliphatic carbocycles. The van der Waals surface area contributed by atoms with Crippen LogP contribution in [0.1, 0.15) is 12.8 Å². The molecule has 0 aromatic heterocycles. The summed E-state index contributed by atoms with van der Waals surface area (Å²) in [4.78, 5) is 11.9. The van der Waals surface area contributed by atoms with Gasteiger partial charge in [-0.15, -0.1) is 0 Å². The number of rotatable bonds is 3. The topological polar surface area (TPSA) is 89.3 Å². The van der Waals surface area contributed by atoms with Gasteiger partial charge in [0.05, 0.1) is 10.6 Å². The van der Waals surface area contributed by atoms with Crippen molar-refractivity contribution in [2.24, 2.45) is 11.1 Å². The number of sulfonamides is 1. The molecule has 2 rings (SSSR count). The molecular weight excluding hydrogens is 332 g/mol. The summed E-state index contributed by atoms with van der Waals surface area (Å²) in [5.41, 5.74) is 0.532. The lowest BCUT2D eigenvalue weighted by atomic mass is 10.1. The van der Waals surface area contributed by atoms with Crippen molar-refractivity contribution in [3.8, 4) is 0 Å². The molecule has 0 aliphatic heterocycles. The largest absolute Gasteiger partial charge is 0.325 e. The number of benzene rings is 1. The highest BCUT2D eigenvalue weighted by atomic mass is 79.9. The van der Waals surface area contributed by atoms with E-state index in [0.717, 1.165) is 12.8 Å². The van der Waals surface area contributed by atoms with Crippen LogP contribution >= 0.6 is 15.9 Å². The number of carbonyl (C=O) groups excluding carboxylic acids is 1. The molecule has 1 aromatic rings. The zero-order valence-corrected chi connectivity index (χ0v) is 12.4. The number of halogens is 1. The predicted molar refractivity (Wildman–Crippen MR) is 76.0 cm³/mol. The van der Waals surface area contributed by atoms with E-state index in [1.165, 1.54) is 18.2 Å². The summed E-state index contributed by atoms with van der Waals surface area (Å²) in [6.45, 7) is 0. The van der Waals surface area contributed by atoms with Crippen molar-refractivity contribution in [1.29, 1.82) is 0 Å². The highest BCUT2D eigenvalue weighted by molar-refractivity contribution is 9.10. The van der Waals surface area contributed by atoms with Crippen LogP contribution < -0.4 is 10.5 Å². The van der Waals surface area contributed by atoms with Crippen LogP contribution in [0, 0.1) is 5.92 Å². The molecule has 0 unspecified atom stereocenters. The van der Waals surface area contributed by atoms with Crippen LogP contribution in [0.5, 0.6) is 0 Å². The first kappa shape index (κ1) is 14.2. The third-order valence-corrected chi connectivity index (χ3v) is 4.47. The van der Waals surface area contributed by atoms with E-state index >= 15 is 0 Å². The van der Waals surface area contributed by atoms with Crippen molar-refractivity contribution in [2.75, 3.05) is 5.32 Å². The Morgan fingerprint density at radius 3 is 2.47 bits per heavy atom. The molecule has 0 atom stereocenters. The average molecular weight is 345 g/mol. The number of nitrogens with two attached hydrogens (primary N) is 1. The van der Waals surface area contributed by atoms with Crippen molar-refractivity contribution in [3.05, 3.63) is 34.8 Å². The molecule has 102 valence electrons. The number of carbonyl (C=O) groups is 1. The minimum Gasteiger partial charge on any atom is -0.325 e. The molecule has 0 heterocycles. The first-order valence-electron chi connectivity index (χ1n) is 5.66. The fourth-order valence-electron chi connectivity index (χ4n) is 1.84. The first-order valence-corrected chi connectivity index (χ1v) is 8.00. The fraction of sp³-hybridized carbons (Fsp3) is 0.250. The van der Waals surface area contributed by atoms with Crippen molar-refractivity contribution in [1.82, 2.24) is 0 Å². The van der Waals surface area contributed by atoms with Gasteiger partial charge >= 0.3 is 0 Å². The summed E-state index contributed by atoms with van der Waals surface area (Å²) in [6, 6.07) is 4.25. The predicted octanol–water partition coefficient (Wildman–Crippen LogP) is 2.00. The lowest BCUT2D eigenvalue weighted by molar-refractivity contribution is -0.119. The molecule has 0 fully saturated rings. The quantitative estimate of drug-likeness (QED) is 0.821. The Morgan fingerprint density at radius 1 is 1.32 bits per heavy atom. The monoisotopic (exact) mass is 344 g/mol. The van der Waals surface area contributed by atoms with E-state index in [4.69, 9.17) is 5.14 Å². The number of nitrogens with one attached hydrogen (secondary N) is 1. The van der Waals surface area contributed by atoms with Gasteiger partial charge in [0, 0.05) is 10.4 Å². The Balaban J connectivity index is 2.15. The van der Waals surface area contributed by atoms with E-state index in [9.17, 15) is 13.2 Å². The molecule has 0 saturated heterocycles. The maximum absolute atomic E-state index is 11.9. The van der Waals surface area contributed by atoms with E-state index in [-0.39, 0.29) is 16.7 Å². The van der Waals surface area contributed by atoms with Crippen LogP contribution in [0.3, 0.4) is 0 Å². The standard InChI is InChI=1S/C12H13BrN2O3S/c13-10-7-9(19(14,17)18)5-6-11(10)15-12(16)8-3-1-2-4-8/h1-2,5-8H,3-4H2,(H,15,16)(H2,14,17,18). The molecule has 1 amide bonds. The SMILES string of the molecule is NS(=O)(=O)c1ccc(NC(=O)C2CC=CC2)c(Br)c1. The summed E-state index contributed by atoms with van der Waals surface area (Å²) < 4.78 is 22.9. The van der Waals surface area contributed by atoms with Crippen LogP contribution in [0.4, 0.5) is 5.69 Å². The smallest absolute Gasteiger partial charge is 0.238 e. The minimum absolute atomic E-state index is 0.0000861. The molecule has 19 heavy (non-hydrogen) atoms. The molecule has 1 aliphatic rings. The number of anilines is 1. The van der Waals surface area contributed by atoms with Crippen LogP contribution in [0.2, 0.25) is 0 Å². The Labute approximate surface area is 120 Å². The Hall–Kier alpha value is -1.18. The van der Waals surface area contributed by atoms with E-state index < -0.39 is 10.0 Å². The second-order valence-electron chi connectivity index (χ2n) is 4.32. The number of amides is 1. The number of hydrogen-bond acceptors (Lipinski definition) is 3. The average Bonchev–Trinajstić information content (AvgIpc) is 2.84. The van der Waals surface area contributed by atoms with Gasteiger partial charge in [0.1, 0.15) is 0 Å². The van der Waals surface area contributed by atoms with Gasteiger partial charge in [0.2, 0.25) is 15.9 Å². The van der Waals surface area contributed by atoms with Gasteiger partial charge in [-0.2, -0.15) is 0 Å². The minimum atomic E-state index is -3.74. The molecule has 5 nitrogen and oxygen atoms in total. The first-order chi connectivity index (χ1) is 8.88. The molecule has 0 spiro atoms. The van der Waals surface area contributed by atoms with Crippen LogP contribution in [-0.4, -0.2) is 14.3 Å². The van der Waals surface area contributed by atoms with Gasteiger partial charge in [0.15, 0.2) is 0 Å². The number of primary sulfonamides is 1. The summed E-state index contributed by atoms with van der Waals surface area (Å²) in [6.07, 6.45) is 5.42. The Morgan fingerprint density at radius 2 is 1.95 bits per heavy atom. The summed E-state index contributed by atoms with van der Waals surface area (Å²) in [7, 11) is -3.74. The number of allylic oxidation sites excluding steroid dienone is 2. The lowest BCUT2D eigenvalue weighted by Gasteiger charge is -2.12. The Kier molecular flexibility index (Phi) is 4.07.